The molecule has 3 N–H and O–H groups in total. The van der Waals surface area contributed by atoms with E-state index in [-0.39, 0.29) is 11.8 Å². The number of aromatic amines is 1. The van der Waals surface area contributed by atoms with Gasteiger partial charge in [-0.15, -0.1) is 0 Å². The maximum Gasteiger partial charge on any atom is 0.228 e. The smallest absolute Gasteiger partial charge is 0.228 e. The van der Waals surface area contributed by atoms with Crippen LogP contribution < -0.4 is 5.73 Å². The molecule has 2 unspecified atom stereocenters. The van der Waals surface area contributed by atoms with Crippen LogP contribution in [0.4, 0.5) is 0 Å². The first-order chi connectivity index (χ1) is 10.7. The van der Waals surface area contributed by atoms with Crippen molar-refractivity contribution in [1.29, 1.82) is 0 Å². The third-order valence-corrected chi connectivity index (χ3v) is 4.91. The minimum absolute atomic E-state index is 0.0912. The third-order valence-electron chi connectivity index (χ3n) is 4.91. The zero-order valence-electron chi connectivity index (χ0n) is 12.0. The van der Waals surface area contributed by atoms with Crippen LogP contribution in [-0.2, 0) is 10.2 Å². The molecule has 2 aromatic heterocycles. The molecular weight excluding hydrogens is 276 g/mol. The predicted octanol–water partition coefficient (Wildman–Crippen LogP) is 2.26. The van der Waals surface area contributed by atoms with Crippen molar-refractivity contribution in [2.45, 2.75) is 24.2 Å². The fourth-order valence-electron chi connectivity index (χ4n) is 3.62. The van der Waals surface area contributed by atoms with Crippen LogP contribution in [0, 0.1) is 0 Å². The van der Waals surface area contributed by atoms with Crippen molar-refractivity contribution in [2.24, 2.45) is 5.73 Å². The first-order valence-corrected chi connectivity index (χ1v) is 7.35. The van der Waals surface area contributed by atoms with E-state index >= 15 is 0 Å². The summed E-state index contributed by atoms with van der Waals surface area (Å²) in [5.41, 5.74) is 8.18. The zero-order valence-corrected chi connectivity index (χ0v) is 12.0. The molecule has 0 aliphatic heterocycles. The van der Waals surface area contributed by atoms with Crippen LogP contribution in [-0.4, -0.2) is 21.1 Å². The Balaban J connectivity index is 1.82. The molecule has 1 aliphatic rings. The molecule has 5 heteroatoms. The fraction of sp³-hybridized carbons (Fsp3) is 0.235. The van der Waals surface area contributed by atoms with Gasteiger partial charge < -0.3 is 5.73 Å². The number of H-pyrrole nitrogens is 1. The molecule has 1 saturated carbocycles. The molecule has 1 aliphatic carbocycles. The number of carbonyl (C=O) groups is 1. The summed E-state index contributed by atoms with van der Waals surface area (Å²) in [7, 11) is 0. The third kappa shape index (κ3) is 1.68. The summed E-state index contributed by atoms with van der Waals surface area (Å²) < 4.78 is 0. The van der Waals surface area contributed by atoms with E-state index < -0.39 is 5.41 Å². The minimum Gasteiger partial charge on any atom is -0.369 e. The van der Waals surface area contributed by atoms with E-state index in [9.17, 15) is 4.79 Å². The lowest BCUT2D eigenvalue weighted by molar-refractivity contribution is -0.127. The normalized spacial score (nSPS) is 24.1. The number of amides is 1. The Bertz CT molecular complexity index is 842. The second-order valence-corrected chi connectivity index (χ2v) is 5.89. The molecule has 110 valence electrons. The van der Waals surface area contributed by atoms with E-state index in [2.05, 4.69) is 27.3 Å². The lowest BCUT2D eigenvalue weighted by atomic mass is 9.54. The minimum atomic E-state index is -0.647. The highest BCUT2D eigenvalue weighted by Gasteiger charge is 2.53. The molecule has 1 fully saturated rings. The van der Waals surface area contributed by atoms with Gasteiger partial charge in [0.25, 0.3) is 0 Å². The Morgan fingerprint density at radius 2 is 2.23 bits per heavy atom. The van der Waals surface area contributed by atoms with E-state index in [0.717, 1.165) is 34.9 Å². The van der Waals surface area contributed by atoms with Crippen LogP contribution in [0.5, 0.6) is 0 Å². The molecule has 5 nitrogen and oxygen atoms in total. The average molecular weight is 292 g/mol. The number of fused-ring (bicyclic) bond motifs is 1. The van der Waals surface area contributed by atoms with Crippen LogP contribution in [0.15, 0.2) is 48.9 Å². The van der Waals surface area contributed by atoms with E-state index in [1.807, 2.05) is 18.2 Å². The maximum atomic E-state index is 12.3. The Kier molecular flexibility index (Phi) is 2.76. The van der Waals surface area contributed by atoms with Crippen molar-refractivity contribution in [3.8, 4) is 0 Å². The number of primary amides is 1. The number of nitrogens with one attached hydrogen (secondary N) is 1. The average Bonchev–Trinajstić information content (AvgIpc) is 2.95. The van der Waals surface area contributed by atoms with Gasteiger partial charge in [0.15, 0.2) is 0 Å². The Morgan fingerprint density at radius 1 is 1.32 bits per heavy atom. The molecule has 22 heavy (non-hydrogen) atoms. The highest BCUT2D eigenvalue weighted by molar-refractivity contribution is 5.90. The van der Waals surface area contributed by atoms with E-state index in [1.165, 1.54) is 0 Å². The van der Waals surface area contributed by atoms with Gasteiger partial charge in [-0.1, -0.05) is 12.1 Å². The number of pyridine rings is 1. The number of hydrogen-bond donors (Lipinski definition) is 2. The standard InChI is InChI=1S/C17H16N4O/c18-16(22)17(13-2-1-7-19-10-13)6-5-14(17)11-3-4-15-12(8-11)9-20-21-15/h1-4,7-10,14H,5-6H2,(H2,18,22)(H,20,21). The summed E-state index contributed by atoms with van der Waals surface area (Å²) in [5.74, 6) is -0.183. The monoisotopic (exact) mass is 292 g/mol. The van der Waals surface area contributed by atoms with Gasteiger partial charge in [0.2, 0.25) is 5.91 Å². The first-order valence-electron chi connectivity index (χ1n) is 7.35. The number of benzene rings is 1. The van der Waals surface area contributed by atoms with Crippen molar-refractivity contribution in [2.75, 3.05) is 0 Å². The molecule has 2 atom stereocenters. The Hall–Kier alpha value is -2.69. The Morgan fingerprint density at radius 3 is 2.91 bits per heavy atom. The van der Waals surface area contributed by atoms with Gasteiger partial charge in [0, 0.05) is 23.7 Å². The predicted molar refractivity (Wildman–Crippen MR) is 83.2 cm³/mol. The summed E-state index contributed by atoms with van der Waals surface area (Å²) in [6, 6.07) is 9.95. The second kappa shape index (κ2) is 4.66. The summed E-state index contributed by atoms with van der Waals surface area (Å²) in [6.07, 6.45) is 6.98. The molecule has 4 rings (SSSR count). The quantitative estimate of drug-likeness (QED) is 0.776. The molecule has 0 radical (unpaired) electrons. The van der Waals surface area contributed by atoms with Crippen molar-refractivity contribution in [3.05, 3.63) is 60.0 Å². The van der Waals surface area contributed by atoms with Gasteiger partial charge in [-0.25, -0.2) is 0 Å². The number of carbonyl (C=O) groups excluding carboxylic acids is 1. The van der Waals surface area contributed by atoms with Gasteiger partial charge >= 0.3 is 0 Å². The van der Waals surface area contributed by atoms with Gasteiger partial charge in [0.1, 0.15) is 0 Å². The van der Waals surface area contributed by atoms with Crippen molar-refractivity contribution in [3.63, 3.8) is 0 Å². The van der Waals surface area contributed by atoms with Gasteiger partial charge in [-0.05, 0) is 42.2 Å². The molecule has 1 aromatic carbocycles. The van der Waals surface area contributed by atoms with Crippen molar-refractivity contribution < 1.29 is 4.79 Å². The molecule has 0 bridgehead atoms. The number of rotatable bonds is 3. The summed E-state index contributed by atoms with van der Waals surface area (Å²) >= 11 is 0. The highest BCUT2D eigenvalue weighted by Crippen LogP contribution is 2.54. The lowest BCUT2D eigenvalue weighted by Crippen LogP contribution is -2.52. The van der Waals surface area contributed by atoms with Crippen molar-refractivity contribution >= 4 is 16.8 Å². The molecular formula is C17H16N4O. The fourth-order valence-corrected chi connectivity index (χ4v) is 3.62. The van der Waals surface area contributed by atoms with Crippen LogP contribution in [0.3, 0.4) is 0 Å². The molecule has 0 saturated heterocycles. The van der Waals surface area contributed by atoms with E-state index in [1.54, 1.807) is 18.6 Å². The second-order valence-electron chi connectivity index (χ2n) is 5.89. The van der Waals surface area contributed by atoms with E-state index in [4.69, 9.17) is 5.73 Å². The topological polar surface area (TPSA) is 84.7 Å². The van der Waals surface area contributed by atoms with Gasteiger partial charge in [-0.3, -0.25) is 14.9 Å². The SMILES string of the molecule is NC(=O)C1(c2cccnc2)CCC1c1ccc2[nH]ncc2c1. The zero-order chi connectivity index (χ0) is 15.2. The largest absolute Gasteiger partial charge is 0.369 e. The van der Waals surface area contributed by atoms with Crippen molar-refractivity contribution in [1.82, 2.24) is 15.2 Å². The molecule has 0 spiro atoms. The summed E-state index contributed by atoms with van der Waals surface area (Å²) in [4.78, 5) is 16.4. The number of aromatic nitrogens is 3. The lowest BCUT2D eigenvalue weighted by Gasteiger charge is -2.47. The van der Waals surface area contributed by atoms with Gasteiger partial charge in [-0.2, -0.15) is 5.10 Å². The molecule has 1 amide bonds. The van der Waals surface area contributed by atoms with Crippen LogP contribution >= 0.6 is 0 Å². The van der Waals surface area contributed by atoms with Crippen LogP contribution in [0.1, 0.15) is 29.9 Å². The van der Waals surface area contributed by atoms with Crippen LogP contribution in [0.25, 0.3) is 10.9 Å². The maximum absolute atomic E-state index is 12.3. The number of nitrogens with zero attached hydrogens (tertiary/aromatic N) is 2. The summed E-state index contributed by atoms with van der Waals surface area (Å²) in [5, 5.41) is 8.04. The van der Waals surface area contributed by atoms with Gasteiger partial charge in [0.05, 0.1) is 17.1 Å². The Labute approximate surface area is 127 Å². The number of nitrogens with two attached hydrogens (primary N) is 1. The molecule has 2 heterocycles. The number of hydrogen-bond acceptors (Lipinski definition) is 3. The highest BCUT2D eigenvalue weighted by atomic mass is 16.1. The van der Waals surface area contributed by atoms with E-state index in [0.29, 0.717) is 0 Å². The first kappa shape index (κ1) is 13.0. The molecule has 3 aromatic rings. The summed E-state index contributed by atoms with van der Waals surface area (Å²) in [6.45, 7) is 0. The van der Waals surface area contributed by atoms with Crippen LogP contribution in [0.2, 0.25) is 0 Å².